The number of carbonyl (C=O) groups excluding carboxylic acids is 1. The fourth-order valence-corrected chi connectivity index (χ4v) is 2.16. The van der Waals surface area contributed by atoms with Crippen molar-refractivity contribution in [3.63, 3.8) is 0 Å². The highest BCUT2D eigenvalue weighted by molar-refractivity contribution is 5.85. The van der Waals surface area contributed by atoms with Gasteiger partial charge < -0.3 is 14.0 Å². The molecule has 0 N–H and O–H groups in total. The van der Waals surface area contributed by atoms with Gasteiger partial charge in [0.2, 0.25) is 17.5 Å². The molecular weight excluding hydrogens is 293 g/mol. The number of aromatic nitrogens is 2. The predicted molar refractivity (Wildman–Crippen MR) is 62.4 cm³/mol. The average molecular weight is 308 g/mol. The van der Waals surface area contributed by atoms with Crippen LogP contribution in [-0.4, -0.2) is 41.9 Å². The van der Waals surface area contributed by atoms with Gasteiger partial charge in [0.1, 0.15) is 5.60 Å². The van der Waals surface area contributed by atoms with Crippen molar-refractivity contribution >= 4 is 5.78 Å². The van der Waals surface area contributed by atoms with E-state index in [4.69, 9.17) is 14.0 Å². The van der Waals surface area contributed by atoms with Gasteiger partial charge in [0, 0.05) is 32.7 Å². The highest BCUT2D eigenvalue weighted by Crippen LogP contribution is 2.34. The SMILES string of the molecule is CCOC1(c2noc(CC(=O)C(F)(F)F)n2)CCOCC1. The smallest absolute Gasteiger partial charge is 0.381 e. The number of hydrogen-bond acceptors (Lipinski definition) is 6. The fourth-order valence-electron chi connectivity index (χ4n) is 2.16. The van der Waals surface area contributed by atoms with Crippen LogP contribution in [0, 0.1) is 0 Å². The molecule has 1 aliphatic rings. The molecule has 118 valence electrons. The Morgan fingerprint density at radius 2 is 2.05 bits per heavy atom. The predicted octanol–water partition coefficient (Wildman–Crippen LogP) is 1.79. The Labute approximate surface area is 118 Å². The summed E-state index contributed by atoms with van der Waals surface area (Å²) in [7, 11) is 0. The fraction of sp³-hybridized carbons (Fsp3) is 0.750. The van der Waals surface area contributed by atoms with E-state index in [-0.39, 0.29) is 11.7 Å². The molecule has 0 radical (unpaired) electrons. The Morgan fingerprint density at radius 1 is 1.38 bits per heavy atom. The number of rotatable bonds is 5. The van der Waals surface area contributed by atoms with Crippen molar-refractivity contribution in [2.75, 3.05) is 19.8 Å². The highest BCUT2D eigenvalue weighted by Gasteiger charge is 2.42. The third-order valence-electron chi connectivity index (χ3n) is 3.22. The van der Waals surface area contributed by atoms with Gasteiger partial charge in [-0.15, -0.1) is 0 Å². The topological polar surface area (TPSA) is 74.5 Å². The first-order valence-electron chi connectivity index (χ1n) is 6.52. The summed E-state index contributed by atoms with van der Waals surface area (Å²) in [6.07, 6.45) is -4.92. The minimum absolute atomic E-state index is 0.164. The second-order valence-corrected chi connectivity index (χ2v) is 4.65. The largest absolute Gasteiger partial charge is 0.450 e. The molecule has 1 fully saturated rings. The molecule has 1 aromatic rings. The monoisotopic (exact) mass is 308 g/mol. The second-order valence-electron chi connectivity index (χ2n) is 4.65. The molecule has 0 bridgehead atoms. The van der Waals surface area contributed by atoms with Crippen LogP contribution in [0.2, 0.25) is 0 Å². The van der Waals surface area contributed by atoms with E-state index in [9.17, 15) is 18.0 Å². The molecule has 0 saturated carbocycles. The number of ketones is 1. The lowest BCUT2D eigenvalue weighted by atomic mass is 9.93. The molecule has 2 rings (SSSR count). The number of alkyl halides is 3. The molecule has 9 heteroatoms. The zero-order chi connectivity index (χ0) is 15.5. The van der Waals surface area contributed by atoms with Crippen molar-refractivity contribution in [2.45, 2.75) is 38.0 Å². The lowest BCUT2D eigenvalue weighted by Gasteiger charge is -2.33. The molecule has 21 heavy (non-hydrogen) atoms. The molecule has 1 aromatic heterocycles. The van der Waals surface area contributed by atoms with Crippen LogP contribution in [0.4, 0.5) is 13.2 Å². The van der Waals surface area contributed by atoms with E-state index < -0.39 is 24.0 Å². The third-order valence-corrected chi connectivity index (χ3v) is 3.22. The van der Waals surface area contributed by atoms with Crippen molar-refractivity contribution in [3.8, 4) is 0 Å². The van der Waals surface area contributed by atoms with E-state index >= 15 is 0 Å². The molecule has 0 aromatic carbocycles. The maximum atomic E-state index is 12.2. The van der Waals surface area contributed by atoms with Crippen molar-refractivity contribution < 1.29 is 32.0 Å². The average Bonchev–Trinajstić information content (AvgIpc) is 2.88. The number of carbonyl (C=O) groups is 1. The highest BCUT2D eigenvalue weighted by atomic mass is 19.4. The standard InChI is InChI=1S/C12H15F3N2O4/c1-2-20-11(3-5-19-6-4-11)10-16-9(21-17-10)7-8(18)12(13,14)15/h2-7H2,1H3. The lowest BCUT2D eigenvalue weighted by Crippen LogP contribution is -2.37. The molecule has 2 heterocycles. The van der Waals surface area contributed by atoms with E-state index in [1.54, 1.807) is 6.92 Å². The summed E-state index contributed by atoms with van der Waals surface area (Å²) in [5.74, 6) is -2.12. The second kappa shape index (κ2) is 6.10. The van der Waals surface area contributed by atoms with Crippen LogP contribution in [0.1, 0.15) is 31.5 Å². The molecule has 6 nitrogen and oxygen atoms in total. The van der Waals surface area contributed by atoms with Crippen molar-refractivity contribution in [2.24, 2.45) is 0 Å². The van der Waals surface area contributed by atoms with Crippen molar-refractivity contribution in [1.29, 1.82) is 0 Å². The zero-order valence-corrected chi connectivity index (χ0v) is 11.4. The maximum Gasteiger partial charge on any atom is 0.450 e. The normalized spacial score (nSPS) is 18.7. The van der Waals surface area contributed by atoms with Crippen LogP contribution in [0.5, 0.6) is 0 Å². The van der Waals surface area contributed by atoms with Gasteiger partial charge in [0.25, 0.3) is 0 Å². The van der Waals surface area contributed by atoms with Gasteiger partial charge in [-0.3, -0.25) is 4.79 Å². The molecule has 0 amide bonds. The summed E-state index contributed by atoms with van der Waals surface area (Å²) in [6.45, 7) is 3.06. The lowest BCUT2D eigenvalue weighted by molar-refractivity contribution is -0.170. The van der Waals surface area contributed by atoms with Crippen LogP contribution in [0.25, 0.3) is 0 Å². The van der Waals surface area contributed by atoms with Crippen LogP contribution in [-0.2, 0) is 26.3 Å². The van der Waals surface area contributed by atoms with Gasteiger partial charge in [0.15, 0.2) is 0 Å². The molecule has 0 aliphatic carbocycles. The van der Waals surface area contributed by atoms with Crippen LogP contribution >= 0.6 is 0 Å². The Morgan fingerprint density at radius 3 is 2.62 bits per heavy atom. The van der Waals surface area contributed by atoms with Crippen molar-refractivity contribution in [1.82, 2.24) is 10.1 Å². The first kappa shape index (κ1) is 15.9. The minimum atomic E-state index is -4.91. The third kappa shape index (κ3) is 3.59. The Kier molecular flexibility index (Phi) is 4.62. The minimum Gasteiger partial charge on any atom is -0.381 e. The summed E-state index contributed by atoms with van der Waals surface area (Å²) in [6, 6.07) is 0. The van der Waals surface area contributed by atoms with Gasteiger partial charge >= 0.3 is 6.18 Å². The molecule has 1 aliphatic heterocycles. The molecule has 1 saturated heterocycles. The summed E-state index contributed by atoms with van der Waals surface area (Å²) < 4.78 is 52.3. The van der Waals surface area contributed by atoms with E-state index in [1.165, 1.54) is 0 Å². The summed E-state index contributed by atoms with van der Waals surface area (Å²) in [5, 5.41) is 3.68. The molecular formula is C12H15F3N2O4. The molecule has 0 atom stereocenters. The summed E-state index contributed by atoms with van der Waals surface area (Å²) >= 11 is 0. The van der Waals surface area contributed by atoms with Crippen LogP contribution in [0.3, 0.4) is 0 Å². The number of hydrogen-bond donors (Lipinski definition) is 0. The molecule has 0 unspecified atom stereocenters. The van der Waals surface area contributed by atoms with Gasteiger partial charge in [-0.1, -0.05) is 5.16 Å². The van der Waals surface area contributed by atoms with Gasteiger partial charge in [-0.05, 0) is 6.92 Å². The van der Waals surface area contributed by atoms with E-state index in [0.717, 1.165) is 0 Å². The first-order chi connectivity index (χ1) is 9.87. The summed E-state index contributed by atoms with van der Waals surface area (Å²) in [5.41, 5.74) is -0.823. The van der Waals surface area contributed by atoms with Crippen molar-refractivity contribution in [3.05, 3.63) is 11.7 Å². The van der Waals surface area contributed by atoms with E-state index in [2.05, 4.69) is 10.1 Å². The first-order valence-corrected chi connectivity index (χ1v) is 6.52. The summed E-state index contributed by atoms with van der Waals surface area (Å²) in [4.78, 5) is 14.8. The number of halogens is 3. The van der Waals surface area contributed by atoms with Gasteiger partial charge in [-0.25, -0.2) is 0 Å². The Balaban J connectivity index is 2.15. The van der Waals surface area contributed by atoms with Crippen LogP contribution < -0.4 is 0 Å². The van der Waals surface area contributed by atoms with Crippen LogP contribution in [0.15, 0.2) is 4.52 Å². The number of Topliss-reactive ketones (excluding diaryl/α,β-unsaturated/α-hetero) is 1. The van der Waals surface area contributed by atoms with Gasteiger partial charge in [-0.2, -0.15) is 18.2 Å². The van der Waals surface area contributed by atoms with E-state index in [1.807, 2.05) is 0 Å². The van der Waals surface area contributed by atoms with E-state index in [0.29, 0.717) is 32.7 Å². The number of nitrogens with zero attached hydrogens (tertiary/aromatic N) is 2. The van der Waals surface area contributed by atoms with Gasteiger partial charge in [0.05, 0.1) is 6.42 Å². The quantitative estimate of drug-likeness (QED) is 0.825. The Bertz CT molecular complexity index is 489. The molecule has 0 spiro atoms. The Hall–Kier alpha value is -1.48. The number of ether oxygens (including phenoxy) is 2. The maximum absolute atomic E-state index is 12.2. The zero-order valence-electron chi connectivity index (χ0n) is 11.4.